The molecule has 10 nitrogen and oxygen atoms in total. The molecule has 2 aromatic carbocycles. The number of hydrogen-bond donors (Lipinski definition) is 1. The Kier molecular flexibility index (Phi) is 7.09. The highest BCUT2D eigenvalue weighted by atomic mass is 16.5. The molecule has 0 aliphatic carbocycles. The van der Waals surface area contributed by atoms with E-state index in [1.165, 1.54) is 7.11 Å². The average molecular weight is 578 g/mol. The first kappa shape index (κ1) is 28.3. The quantitative estimate of drug-likeness (QED) is 0.241. The Morgan fingerprint density at radius 1 is 1.02 bits per heavy atom. The Morgan fingerprint density at radius 2 is 1.81 bits per heavy atom. The fraction of sp³-hybridized carbons (Fsp3) is 0.303. The molecule has 0 aliphatic rings. The number of nitrogens with zero attached hydrogens (tertiary/aromatic N) is 7. The molecule has 4 heterocycles. The molecule has 0 spiro atoms. The van der Waals surface area contributed by atoms with Crippen LogP contribution in [-0.4, -0.2) is 52.5 Å². The number of fused-ring (bicyclic) bond motifs is 2. The maximum absolute atomic E-state index is 12.0. The van der Waals surface area contributed by atoms with Crippen LogP contribution >= 0.6 is 0 Å². The van der Waals surface area contributed by atoms with E-state index >= 15 is 0 Å². The predicted octanol–water partition coefficient (Wildman–Crippen LogP) is 5.74. The molecule has 10 heteroatoms. The zero-order valence-electron chi connectivity index (χ0n) is 25.5. The van der Waals surface area contributed by atoms with E-state index in [-0.39, 0.29) is 12.5 Å². The highest BCUT2D eigenvalue weighted by Gasteiger charge is 2.24. The summed E-state index contributed by atoms with van der Waals surface area (Å²) in [7, 11) is 3.25. The number of methoxy groups -OCH3 is 1. The summed E-state index contributed by atoms with van der Waals surface area (Å²) in [5, 5.41) is 27.4. The van der Waals surface area contributed by atoms with Crippen LogP contribution < -0.4 is 0 Å². The average Bonchev–Trinajstić information content (AvgIpc) is 3.65. The van der Waals surface area contributed by atoms with Crippen LogP contribution in [0.3, 0.4) is 0 Å². The first-order valence-corrected chi connectivity index (χ1v) is 14.3. The predicted molar refractivity (Wildman–Crippen MR) is 165 cm³/mol. The van der Waals surface area contributed by atoms with Gasteiger partial charge in [0.15, 0.2) is 5.65 Å². The lowest BCUT2D eigenvalue weighted by Gasteiger charge is -2.13. The summed E-state index contributed by atoms with van der Waals surface area (Å²) < 4.78 is 10.4. The van der Waals surface area contributed by atoms with E-state index in [4.69, 9.17) is 19.9 Å². The van der Waals surface area contributed by atoms with Gasteiger partial charge in [0.25, 0.3) is 0 Å². The molecular formula is C33H35N7O3. The molecule has 4 aromatic heterocycles. The topological polar surface area (TPSA) is 113 Å². The summed E-state index contributed by atoms with van der Waals surface area (Å²) in [5.74, 6) is -0.172. The van der Waals surface area contributed by atoms with Gasteiger partial charge in [-0.15, -0.1) is 0 Å². The molecule has 0 aliphatic heterocycles. The number of rotatable bonds is 7. The number of benzene rings is 2. The number of hydrogen-bond acceptors (Lipinski definition) is 7. The molecule has 1 N–H and O–H groups in total. The maximum Gasteiger partial charge on any atom is 0.338 e. The largest absolute Gasteiger partial charge is 0.465 e. The molecule has 1 unspecified atom stereocenters. The van der Waals surface area contributed by atoms with Crippen molar-refractivity contribution in [1.82, 2.24) is 34.3 Å². The van der Waals surface area contributed by atoms with E-state index < -0.39 is 12.1 Å². The maximum atomic E-state index is 12.0. The van der Waals surface area contributed by atoms with Crippen molar-refractivity contribution in [2.45, 2.75) is 53.2 Å². The Bertz CT molecular complexity index is 2010. The molecule has 0 radical (unpaired) electrons. The Balaban J connectivity index is 1.39. The minimum Gasteiger partial charge on any atom is -0.465 e. The molecule has 6 aromatic rings. The zero-order valence-corrected chi connectivity index (χ0v) is 25.5. The number of carbonyl (C=O) groups is 1. The standard InChI is InChI=1S/C33H35N7O3/c1-18(2)30-21(5)40(28-14-23-15-38(6)37-32(23)34-20(28)4)36-31(30)25-9-8-10-27-26(25)16-39(35-27)17-29(41)22-11-12-24(19(3)13-22)33(42)43-7/h8-16,18,29,41H,17H2,1-7H3. The van der Waals surface area contributed by atoms with Gasteiger partial charge < -0.3 is 9.84 Å². The summed E-state index contributed by atoms with van der Waals surface area (Å²) in [5.41, 5.74) is 9.34. The molecule has 0 saturated heterocycles. The fourth-order valence-electron chi connectivity index (χ4n) is 5.91. The van der Waals surface area contributed by atoms with Crippen LogP contribution in [0.25, 0.3) is 38.9 Å². The first-order chi connectivity index (χ1) is 20.5. The SMILES string of the molecule is COC(=O)c1ccc(C(O)Cn2cc3c(-c4nn(-c5cc6cn(C)nc6nc5C)c(C)c4C(C)C)cccc3n2)cc1C. The van der Waals surface area contributed by atoms with Crippen LogP contribution in [0.15, 0.2) is 54.9 Å². The smallest absolute Gasteiger partial charge is 0.338 e. The minimum absolute atomic E-state index is 0.225. The third kappa shape index (κ3) is 4.97. The molecule has 0 bridgehead atoms. The zero-order chi connectivity index (χ0) is 30.6. The molecule has 220 valence electrons. The summed E-state index contributed by atoms with van der Waals surface area (Å²) in [4.78, 5) is 16.7. The van der Waals surface area contributed by atoms with Gasteiger partial charge in [0.2, 0.25) is 0 Å². The van der Waals surface area contributed by atoms with Crippen molar-refractivity contribution in [3.05, 3.63) is 88.5 Å². The number of esters is 1. The van der Waals surface area contributed by atoms with Gasteiger partial charge in [-0.1, -0.05) is 38.1 Å². The number of aliphatic hydroxyl groups is 1. The van der Waals surface area contributed by atoms with Gasteiger partial charge in [-0.25, -0.2) is 14.5 Å². The monoisotopic (exact) mass is 577 g/mol. The van der Waals surface area contributed by atoms with Gasteiger partial charge in [0.05, 0.1) is 47.9 Å². The minimum atomic E-state index is -0.811. The molecule has 0 saturated carbocycles. The van der Waals surface area contributed by atoms with Crippen molar-refractivity contribution >= 4 is 27.9 Å². The number of aryl methyl sites for hydroxylation is 3. The highest BCUT2D eigenvalue weighted by molar-refractivity contribution is 5.94. The van der Waals surface area contributed by atoms with Crippen LogP contribution in [0, 0.1) is 20.8 Å². The number of aliphatic hydroxyl groups excluding tert-OH is 1. The Morgan fingerprint density at radius 3 is 2.53 bits per heavy atom. The van der Waals surface area contributed by atoms with Crippen molar-refractivity contribution in [2.75, 3.05) is 7.11 Å². The van der Waals surface area contributed by atoms with Crippen molar-refractivity contribution < 1.29 is 14.6 Å². The van der Waals surface area contributed by atoms with Gasteiger partial charge in [0.1, 0.15) is 0 Å². The van der Waals surface area contributed by atoms with E-state index in [9.17, 15) is 9.90 Å². The molecule has 1 atom stereocenters. The molecule has 0 fully saturated rings. The number of aromatic nitrogens is 7. The normalized spacial score (nSPS) is 12.5. The first-order valence-electron chi connectivity index (χ1n) is 14.3. The van der Waals surface area contributed by atoms with E-state index in [0.717, 1.165) is 55.7 Å². The second kappa shape index (κ2) is 10.8. The Labute approximate surface area is 249 Å². The van der Waals surface area contributed by atoms with E-state index in [0.29, 0.717) is 16.8 Å². The number of carbonyl (C=O) groups excluding carboxylic acids is 1. The van der Waals surface area contributed by atoms with Crippen LogP contribution in [0.2, 0.25) is 0 Å². The van der Waals surface area contributed by atoms with Crippen LogP contribution in [0.1, 0.15) is 64.3 Å². The Hall–Kier alpha value is -4.83. The third-order valence-corrected chi connectivity index (χ3v) is 7.99. The fourth-order valence-corrected chi connectivity index (χ4v) is 5.91. The molecule has 6 rings (SSSR count). The van der Waals surface area contributed by atoms with Gasteiger partial charge in [0, 0.05) is 47.0 Å². The van der Waals surface area contributed by atoms with Gasteiger partial charge >= 0.3 is 5.97 Å². The van der Waals surface area contributed by atoms with Gasteiger partial charge in [-0.2, -0.15) is 15.3 Å². The summed E-state index contributed by atoms with van der Waals surface area (Å²) >= 11 is 0. The van der Waals surface area contributed by atoms with E-state index in [1.54, 1.807) is 21.5 Å². The summed E-state index contributed by atoms with van der Waals surface area (Å²) in [6.07, 6.45) is 3.12. The molecule has 0 amide bonds. The lowest BCUT2D eigenvalue weighted by molar-refractivity contribution is 0.0599. The molecular weight excluding hydrogens is 542 g/mol. The van der Waals surface area contributed by atoms with E-state index in [2.05, 4.69) is 38.0 Å². The summed E-state index contributed by atoms with van der Waals surface area (Å²) in [6, 6.07) is 13.4. The second-order valence-corrected chi connectivity index (χ2v) is 11.4. The van der Waals surface area contributed by atoms with Crippen molar-refractivity contribution in [2.24, 2.45) is 7.05 Å². The van der Waals surface area contributed by atoms with Crippen LogP contribution in [0.4, 0.5) is 0 Å². The van der Waals surface area contributed by atoms with Gasteiger partial charge in [-0.05, 0) is 56.0 Å². The van der Waals surface area contributed by atoms with Crippen molar-refractivity contribution in [3.8, 4) is 16.9 Å². The molecule has 43 heavy (non-hydrogen) atoms. The lowest BCUT2D eigenvalue weighted by atomic mass is 9.95. The summed E-state index contributed by atoms with van der Waals surface area (Å²) in [6.45, 7) is 10.5. The number of ether oxygens (including phenoxy) is 1. The van der Waals surface area contributed by atoms with Crippen molar-refractivity contribution in [3.63, 3.8) is 0 Å². The van der Waals surface area contributed by atoms with Crippen LogP contribution in [0.5, 0.6) is 0 Å². The highest BCUT2D eigenvalue weighted by Crippen LogP contribution is 2.37. The second-order valence-electron chi connectivity index (χ2n) is 11.4. The lowest BCUT2D eigenvalue weighted by Crippen LogP contribution is -2.10. The van der Waals surface area contributed by atoms with Gasteiger partial charge in [-0.3, -0.25) is 9.36 Å². The van der Waals surface area contributed by atoms with Crippen molar-refractivity contribution in [1.29, 1.82) is 0 Å². The third-order valence-electron chi connectivity index (χ3n) is 7.99. The number of pyridine rings is 1. The van der Waals surface area contributed by atoms with Crippen LogP contribution in [-0.2, 0) is 18.3 Å². The van der Waals surface area contributed by atoms with E-state index in [1.807, 2.05) is 56.2 Å².